The Hall–Kier alpha value is -2.54. The van der Waals surface area contributed by atoms with Crippen molar-refractivity contribution in [3.63, 3.8) is 0 Å². The summed E-state index contributed by atoms with van der Waals surface area (Å²) in [5.74, 6) is 1.29. The third-order valence-corrected chi connectivity index (χ3v) is 7.72. The second-order valence-corrected chi connectivity index (χ2v) is 9.72. The quantitative estimate of drug-likeness (QED) is 0.608. The fourth-order valence-electron chi connectivity index (χ4n) is 4.73. The van der Waals surface area contributed by atoms with E-state index in [0.717, 1.165) is 67.5 Å². The number of carbonyl (C=O) groups is 2. The van der Waals surface area contributed by atoms with E-state index in [1.54, 1.807) is 25.6 Å². The molecule has 6 nitrogen and oxygen atoms in total. The molecule has 0 bridgehead atoms. The van der Waals surface area contributed by atoms with Crippen LogP contribution in [-0.2, 0) is 24.2 Å². The lowest BCUT2D eigenvalue weighted by atomic mass is 9.88. The standard InChI is InChI=1S/C25H32N2O4S/c1-30-19-13-12-16(14-20(19)31-2)15-26-24(29)22-18-10-6-7-11-21(18)32-25(22)27-23(28)17-8-4-3-5-9-17/h12-14,17H,3-11,15H2,1-2H3,(H,26,29)(H,27,28). The Morgan fingerprint density at radius 1 is 1.00 bits per heavy atom. The number of hydrogen-bond acceptors (Lipinski definition) is 5. The van der Waals surface area contributed by atoms with Crippen molar-refractivity contribution in [2.24, 2.45) is 5.92 Å². The normalized spacial score (nSPS) is 16.2. The Morgan fingerprint density at radius 2 is 1.75 bits per heavy atom. The van der Waals surface area contributed by atoms with Crippen molar-refractivity contribution < 1.29 is 19.1 Å². The second kappa shape index (κ2) is 10.4. The zero-order valence-electron chi connectivity index (χ0n) is 18.9. The van der Waals surface area contributed by atoms with Gasteiger partial charge in [-0.2, -0.15) is 0 Å². The van der Waals surface area contributed by atoms with Crippen LogP contribution in [0.5, 0.6) is 11.5 Å². The van der Waals surface area contributed by atoms with Gasteiger partial charge in [-0.25, -0.2) is 0 Å². The molecule has 1 heterocycles. The maximum absolute atomic E-state index is 13.3. The second-order valence-electron chi connectivity index (χ2n) is 8.61. The fourth-order valence-corrected chi connectivity index (χ4v) is 6.02. The Morgan fingerprint density at radius 3 is 2.50 bits per heavy atom. The highest BCUT2D eigenvalue weighted by Gasteiger charge is 2.28. The number of fused-ring (bicyclic) bond motifs is 1. The van der Waals surface area contributed by atoms with Crippen LogP contribution in [0.4, 0.5) is 5.00 Å². The number of ether oxygens (including phenoxy) is 2. The van der Waals surface area contributed by atoms with Gasteiger partial charge in [0.15, 0.2) is 11.5 Å². The van der Waals surface area contributed by atoms with E-state index in [9.17, 15) is 9.59 Å². The maximum Gasteiger partial charge on any atom is 0.254 e. The summed E-state index contributed by atoms with van der Waals surface area (Å²) in [5.41, 5.74) is 2.70. The van der Waals surface area contributed by atoms with Gasteiger partial charge in [0.2, 0.25) is 5.91 Å². The molecule has 1 aromatic carbocycles. The molecule has 32 heavy (non-hydrogen) atoms. The van der Waals surface area contributed by atoms with Crippen molar-refractivity contribution in [1.29, 1.82) is 0 Å². The molecule has 1 fully saturated rings. The van der Waals surface area contributed by atoms with E-state index in [1.165, 1.54) is 11.3 Å². The third-order valence-electron chi connectivity index (χ3n) is 6.51. The minimum Gasteiger partial charge on any atom is -0.493 e. The smallest absolute Gasteiger partial charge is 0.254 e. The van der Waals surface area contributed by atoms with E-state index in [4.69, 9.17) is 9.47 Å². The number of nitrogens with one attached hydrogen (secondary N) is 2. The number of anilines is 1. The molecule has 7 heteroatoms. The number of carbonyl (C=O) groups excluding carboxylic acids is 2. The van der Waals surface area contributed by atoms with Gasteiger partial charge in [-0.3, -0.25) is 9.59 Å². The molecule has 0 radical (unpaired) electrons. The number of hydrogen-bond donors (Lipinski definition) is 2. The molecular formula is C25H32N2O4S. The van der Waals surface area contributed by atoms with Gasteiger partial charge in [-0.1, -0.05) is 25.3 Å². The van der Waals surface area contributed by atoms with Crippen molar-refractivity contribution in [3.8, 4) is 11.5 Å². The first-order valence-electron chi connectivity index (χ1n) is 11.5. The van der Waals surface area contributed by atoms with E-state index in [0.29, 0.717) is 23.6 Å². The van der Waals surface area contributed by atoms with Gasteiger partial charge < -0.3 is 20.1 Å². The lowest BCUT2D eigenvalue weighted by Gasteiger charge is -2.20. The van der Waals surface area contributed by atoms with E-state index in [-0.39, 0.29) is 17.7 Å². The van der Waals surface area contributed by atoms with Crippen LogP contribution in [0, 0.1) is 5.92 Å². The summed E-state index contributed by atoms with van der Waals surface area (Å²) in [4.78, 5) is 27.4. The van der Waals surface area contributed by atoms with Crippen molar-refractivity contribution in [1.82, 2.24) is 5.32 Å². The number of benzene rings is 1. The summed E-state index contributed by atoms with van der Waals surface area (Å²) in [6, 6.07) is 5.62. The van der Waals surface area contributed by atoms with E-state index in [2.05, 4.69) is 10.6 Å². The first-order chi connectivity index (χ1) is 15.6. The van der Waals surface area contributed by atoms with Crippen molar-refractivity contribution in [2.75, 3.05) is 19.5 Å². The van der Waals surface area contributed by atoms with Crippen LogP contribution >= 0.6 is 11.3 Å². The summed E-state index contributed by atoms with van der Waals surface area (Å²) in [5, 5.41) is 6.91. The summed E-state index contributed by atoms with van der Waals surface area (Å²) in [7, 11) is 3.20. The predicted octanol–water partition coefficient (Wildman–Crippen LogP) is 5.09. The van der Waals surface area contributed by atoms with Crippen molar-refractivity contribution in [3.05, 3.63) is 39.8 Å². The van der Waals surface area contributed by atoms with Gasteiger partial charge in [-0.05, 0) is 61.8 Å². The molecule has 2 aliphatic carbocycles. The summed E-state index contributed by atoms with van der Waals surface area (Å²) in [6.07, 6.45) is 9.40. The molecule has 4 rings (SSSR count). The Balaban J connectivity index is 1.51. The molecule has 0 atom stereocenters. The molecule has 2 aromatic rings. The molecule has 0 aliphatic heterocycles. The van der Waals surface area contributed by atoms with Crippen LogP contribution in [0.1, 0.15) is 71.3 Å². The maximum atomic E-state index is 13.3. The van der Waals surface area contributed by atoms with E-state index in [1.807, 2.05) is 18.2 Å². The SMILES string of the molecule is COc1ccc(CNC(=O)c2c(NC(=O)C3CCCCC3)sc3c2CCCC3)cc1OC. The van der Waals surface area contributed by atoms with Crippen LogP contribution in [0.2, 0.25) is 0 Å². The van der Waals surface area contributed by atoms with Gasteiger partial charge in [0, 0.05) is 17.3 Å². The van der Waals surface area contributed by atoms with Gasteiger partial charge in [-0.15, -0.1) is 11.3 Å². The molecule has 1 aromatic heterocycles. The zero-order valence-corrected chi connectivity index (χ0v) is 19.7. The number of thiophene rings is 1. The molecule has 0 spiro atoms. The third kappa shape index (κ3) is 4.93. The van der Waals surface area contributed by atoms with Crippen LogP contribution in [0.25, 0.3) is 0 Å². The molecule has 0 unspecified atom stereocenters. The first-order valence-corrected chi connectivity index (χ1v) is 12.4. The fraction of sp³-hybridized carbons (Fsp3) is 0.520. The highest BCUT2D eigenvalue weighted by Crippen LogP contribution is 2.39. The monoisotopic (exact) mass is 456 g/mol. The molecule has 2 aliphatic rings. The zero-order chi connectivity index (χ0) is 22.5. The average Bonchev–Trinajstić information content (AvgIpc) is 3.20. The molecule has 2 N–H and O–H groups in total. The lowest BCUT2D eigenvalue weighted by Crippen LogP contribution is -2.28. The van der Waals surface area contributed by atoms with Crippen LogP contribution < -0.4 is 20.1 Å². The Labute approximate surface area is 193 Å². The Kier molecular flexibility index (Phi) is 7.35. The predicted molar refractivity (Wildman–Crippen MR) is 127 cm³/mol. The first kappa shape index (κ1) is 22.6. The molecule has 2 amide bonds. The van der Waals surface area contributed by atoms with Gasteiger partial charge >= 0.3 is 0 Å². The number of aryl methyl sites for hydroxylation is 1. The number of rotatable bonds is 7. The lowest BCUT2D eigenvalue weighted by molar-refractivity contribution is -0.120. The highest BCUT2D eigenvalue weighted by atomic mass is 32.1. The minimum atomic E-state index is -0.127. The average molecular weight is 457 g/mol. The number of methoxy groups -OCH3 is 2. The molecular weight excluding hydrogens is 424 g/mol. The van der Waals surface area contributed by atoms with Gasteiger partial charge in [0.25, 0.3) is 5.91 Å². The topological polar surface area (TPSA) is 76.7 Å². The minimum absolute atomic E-state index is 0.0607. The summed E-state index contributed by atoms with van der Waals surface area (Å²) in [6.45, 7) is 0.375. The van der Waals surface area contributed by atoms with Crippen LogP contribution in [-0.4, -0.2) is 26.0 Å². The van der Waals surface area contributed by atoms with Crippen molar-refractivity contribution in [2.45, 2.75) is 64.3 Å². The van der Waals surface area contributed by atoms with Crippen LogP contribution in [0.15, 0.2) is 18.2 Å². The summed E-state index contributed by atoms with van der Waals surface area (Å²) >= 11 is 1.59. The largest absolute Gasteiger partial charge is 0.493 e. The van der Waals surface area contributed by atoms with Gasteiger partial charge in [0.1, 0.15) is 5.00 Å². The van der Waals surface area contributed by atoms with E-state index < -0.39 is 0 Å². The number of amides is 2. The highest BCUT2D eigenvalue weighted by molar-refractivity contribution is 7.17. The van der Waals surface area contributed by atoms with Crippen molar-refractivity contribution >= 4 is 28.2 Å². The molecule has 0 saturated heterocycles. The summed E-state index contributed by atoms with van der Waals surface area (Å²) < 4.78 is 10.7. The Bertz CT molecular complexity index is 979. The van der Waals surface area contributed by atoms with Gasteiger partial charge in [0.05, 0.1) is 19.8 Å². The van der Waals surface area contributed by atoms with Crippen LogP contribution in [0.3, 0.4) is 0 Å². The molecule has 1 saturated carbocycles. The molecule has 172 valence electrons. The van der Waals surface area contributed by atoms with E-state index >= 15 is 0 Å².